The molecule has 0 saturated heterocycles. The Labute approximate surface area is 194 Å². The predicted octanol–water partition coefficient (Wildman–Crippen LogP) is 5.01. The number of carbonyl (C=O) groups excluding carboxylic acids is 2. The molecule has 1 heterocycles. The number of rotatable bonds is 8. The fourth-order valence-corrected chi connectivity index (χ4v) is 2.93. The average Bonchev–Trinajstić information content (AvgIpc) is 3.32. The van der Waals surface area contributed by atoms with Crippen LogP contribution in [0.5, 0.6) is 5.95 Å². The summed E-state index contributed by atoms with van der Waals surface area (Å²) in [7, 11) is 0. The number of amides is 2. The Kier molecular flexibility index (Phi) is 7.09. The monoisotopic (exact) mass is 457 g/mol. The van der Waals surface area contributed by atoms with Gasteiger partial charge in [0, 0.05) is 22.9 Å². The minimum Gasteiger partial charge on any atom is -0.460 e. The number of furan rings is 1. The molecular weight excluding hydrogens is 437 g/mol. The Hall–Kier alpha value is -4.72. The number of carbonyl (C=O) groups is 2. The third-order valence-corrected chi connectivity index (χ3v) is 4.70. The molecule has 2 amide bonds. The number of anilines is 1. The summed E-state index contributed by atoms with van der Waals surface area (Å²) in [6, 6.07) is 24.5. The molecule has 0 spiro atoms. The van der Waals surface area contributed by atoms with Crippen LogP contribution in [-0.4, -0.2) is 18.0 Å². The van der Waals surface area contributed by atoms with Crippen molar-refractivity contribution in [1.82, 2.24) is 5.43 Å². The van der Waals surface area contributed by atoms with Crippen LogP contribution in [0, 0.1) is 5.82 Å². The maximum Gasteiger partial charge on any atom is 0.285 e. The van der Waals surface area contributed by atoms with Crippen LogP contribution in [0.4, 0.5) is 10.1 Å². The zero-order valence-electron chi connectivity index (χ0n) is 17.9. The molecule has 0 atom stereocenters. The largest absolute Gasteiger partial charge is 0.460 e. The number of nitrogens with one attached hydrogen (secondary N) is 2. The minimum atomic E-state index is -0.420. The van der Waals surface area contributed by atoms with Crippen LogP contribution in [0.1, 0.15) is 32.0 Å². The molecule has 0 fully saturated rings. The van der Waals surface area contributed by atoms with Gasteiger partial charge < -0.3 is 14.5 Å². The van der Waals surface area contributed by atoms with Crippen molar-refractivity contribution >= 4 is 23.7 Å². The maximum atomic E-state index is 12.9. The van der Waals surface area contributed by atoms with E-state index in [2.05, 4.69) is 15.8 Å². The summed E-state index contributed by atoms with van der Waals surface area (Å²) in [5.41, 5.74) is 4.69. The lowest BCUT2D eigenvalue weighted by Crippen LogP contribution is -2.17. The number of hydrazone groups is 1. The summed E-state index contributed by atoms with van der Waals surface area (Å²) in [6.45, 7) is 0.225. The Morgan fingerprint density at radius 2 is 1.56 bits per heavy atom. The first kappa shape index (κ1) is 22.5. The standard InChI is InChI=1S/C26H20FN3O4/c27-21-10-6-18(7-11-21)17-33-24-15-14-23(34-24)16-28-30-26(32)20-8-12-22(13-9-20)29-25(31)19-4-2-1-3-5-19/h1-16H,17H2,(H,29,31)(H,30,32)/b28-16+. The fourth-order valence-electron chi connectivity index (χ4n) is 2.93. The topological polar surface area (TPSA) is 92.9 Å². The molecule has 2 N–H and O–H groups in total. The van der Waals surface area contributed by atoms with Gasteiger partial charge in [-0.2, -0.15) is 5.10 Å². The van der Waals surface area contributed by atoms with Gasteiger partial charge in [0.05, 0.1) is 6.21 Å². The molecule has 0 aliphatic rings. The van der Waals surface area contributed by atoms with Gasteiger partial charge >= 0.3 is 0 Å². The highest BCUT2D eigenvalue weighted by atomic mass is 19.1. The Balaban J connectivity index is 1.26. The second kappa shape index (κ2) is 10.7. The summed E-state index contributed by atoms with van der Waals surface area (Å²) in [6.07, 6.45) is 1.34. The van der Waals surface area contributed by atoms with Crippen LogP contribution in [0.2, 0.25) is 0 Å². The third-order valence-electron chi connectivity index (χ3n) is 4.70. The van der Waals surface area contributed by atoms with Crippen LogP contribution >= 0.6 is 0 Å². The zero-order chi connectivity index (χ0) is 23.8. The smallest absolute Gasteiger partial charge is 0.285 e. The van der Waals surface area contributed by atoms with Crippen molar-refractivity contribution < 1.29 is 23.1 Å². The van der Waals surface area contributed by atoms with Crippen LogP contribution in [0.25, 0.3) is 0 Å². The number of ether oxygens (including phenoxy) is 1. The fraction of sp³-hybridized carbons (Fsp3) is 0.0385. The summed E-state index contributed by atoms with van der Waals surface area (Å²) in [5.74, 6) is -0.315. The van der Waals surface area contributed by atoms with Crippen molar-refractivity contribution in [2.45, 2.75) is 6.61 Å². The van der Waals surface area contributed by atoms with E-state index in [4.69, 9.17) is 9.15 Å². The first-order valence-electron chi connectivity index (χ1n) is 10.3. The predicted molar refractivity (Wildman–Crippen MR) is 125 cm³/mol. The second-order valence-corrected chi connectivity index (χ2v) is 7.17. The molecule has 4 aromatic rings. The molecule has 0 radical (unpaired) electrons. The van der Waals surface area contributed by atoms with E-state index in [0.29, 0.717) is 22.6 Å². The number of benzene rings is 3. The van der Waals surface area contributed by atoms with E-state index >= 15 is 0 Å². The molecule has 4 rings (SSSR count). The lowest BCUT2D eigenvalue weighted by atomic mass is 10.2. The molecule has 3 aromatic carbocycles. The molecular formula is C26H20FN3O4. The van der Waals surface area contributed by atoms with E-state index in [0.717, 1.165) is 5.56 Å². The summed E-state index contributed by atoms with van der Waals surface area (Å²) < 4.78 is 23.9. The molecule has 0 aliphatic carbocycles. The van der Waals surface area contributed by atoms with E-state index in [1.165, 1.54) is 18.3 Å². The van der Waals surface area contributed by atoms with Crippen LogP contribution in [0.15, 0.2) is 101 Å². The van der Waals surface area contributed by atoms with Gasteiger partial charge in [0.15, 0.2) is 5.76 Å². The van der Waals surface area contributed by atoms with Gasteiger partial charge in [0.2, 0.25) is 0 Å². The molecule has 1 aromatic heterocycles. The van der Waals surface area contributed by atoms with Crippen molar-refractivity contribution in [3.05, 3.63) is 119 Å². The molecule has 34 heavy (non-hydrogen) atoms. The van der Waals surface area contributed by atoms with E-state index in [1.807, 2.05) is 6.07 Å². The second-order valence-electron chi connectivity index (χ2n) is 7.17. The SMILES string of the molecule is O=C(N/N=C/c1ccc(OCc2ccc(F)cc2)o1)c1ccc(NC(=O)c2ccccc2)cc1. The quantitative estimate of drug-likeness (QED) is 0.287. The van der Waals surface area contributed by atoms with Gasteiger partial charge in [-0.15, -0.1) is 0 Å². The van der Waals surface area contributed by atoms with Crippen LogP contribution in [-0.2, 0) is 6.61 Å². The van der Waals surface area contributed by atoms with Crippen molar-refractivity contribution in [2.24, 2.45) is 5.10 Å². The van der Waals surface area contributed by atoms with Gasteiger partial charge in [0.1, 0.15) is 12.4 Å². The van der Waals surface area contributed by atoms with Gasteiger partial charge in [-0.25, -0.2) is 9.82 Å². The Bertz CT molecular complexity index is 1280. The molecule has 170 valence electrons. The van der Waals surface area contributed by atoms with Crippen LogP contribution < -0.4 is 15.5 Å². The highest BCUT2D eigenvalue weighted by Crippen LogP contribution is 2.17. The van der Waals surface area contributed by atoms with Gasteiger partial charge in [-0.1, -0.05) is 30.3 Å². The molecule has 0 saturated carbocycles. The number of hydrogen-bond donors (Lipinski definition) is 2. The first-order valence-corrected chi connectivity index (χ1v) is 10.3. The summed E-state index contributed by atoms with van der Waals surface area (Å²) >= 11 is 0. The Morgan fingerprint density at radius 1 is 0.853 bits per heavy atom. The van der Waals surface area contributed by atoms with Crippen molar-refractivity contribution in [1.29, 1.82) is 0 Å². The van der Waals surface area contributed by atoms with Crippen molar-refractivity contribution in [3.63, 3.8) is 0 Å². The van der Waals surface area contributed by atoms with E-state index in [9.17, 15) is 14.0 Å². The summed E-state index contributed by atoms with van der Waals surface area (Å²) in [4.78, 5) is 24.5. The van der Waals surface area contributed by atoms with Gasteiger partial charge in [-0.3, -0.25) is 9.59 Å². The molecule has 0 aliphatic heterocycles. The van der Waals surface area contributed by atoms with Crippen molar-refractivity contribution in [3.8, 4) is 5.95 Å². The Morgan fingerprint density at radius 3 is 2.29 bits per heavy atom. The molecule has 0 unspecified atom stereocenters. The van der Waals surface area contributed by atoms with Crippen LogP contribution in [0.3, 0.4) is 0 Å². The zero-order valence-corrected chi connectivity index (χ0v) is 17.9. The van der Waals surface area contributed by atoms with Gasteiger partial charge in [0.25, 0.3) is 17.8 Å². The number of nitrogens with zero attached hydrogens (tertiary/aromatic N) is 1. The molecule has 8 heteroatoms. The third kappa shape index (κ3) is 6.17. The lowest BCUT2D eigenvalue weighted by molar-refractivity contribution is 0.0954. The molecule has 0 bridgehead atoms. The minimum absolute atomic E-state index is 0.225. The van der Waals surface area contributed by atoms with Gasteiger partial charge in [-0.05, 0) is 60.2 Å². The van der Waals surface area contributed by atoms with E-state index < -0.39 is 5.91 Å². The normalized spacial score (nSPS) is 10.7. The highest BCUT2D eigenvalue weighted by Gasteiger charge is 2.08. The lowest BCUT2D eigenvalue weighted by Gasteiger charge is -2.06. The average molecular weight is 457 g/mol. The number of halogens is 1. The summed E-state index contributed by atoms with van der Waals surface area (Å²) in [5, 5.41) is 6.66. The maximum absolute atomic E-state index is 12.9. The van der Waals surface area contributed by atoms with E-state index in [-0.39, 0.29) is 24.3 Å². The van der Waals surface area contributed by atoms with E-state index in [1.54, 1.807) is 72.8 Å². The molecule has 7 nitrogen and oxygen atoms in total. The highest BCUT2D eigenvalue weighted by molar-refractivity contribution is 6.04. The number of hydrogen-bond acceptors (Lipinski definition) is 5. The first-order chi connectivity index (χ1) is 16.6. The van der Waals surface area contributed by atoms with Crippen molar-refractivity contribution in [2.75, 3.05) is 5.32 Å².